The molecular weight excluding hydrogens is 234 g/mol. The predicted molar refractivity (Wildman–Crippen MR) is 77.0 cm³/mol. The molecule has 2 heteroatoms. The Labute approximate surface area is 117 Å². The van der Waals surface area contributed by atoms with Crippen LogP contribution in [0.4, 0.5) is 0 Å². The van der Waals surface area contributed by atoms with Gasteiger partial charge in [0.25, 0.3) is 0 Å². The van der Waals surface area contributed by atoms with Gasteiger partial charge in [-0.2, -0.15) is 0 Å². The zero-order valence-corrected chi connectivity index (χ0v) is 12.3. The van der Waals surface area contributed by atoms with Crippen molar-refractivity contribution in [1.29, 1.82) is 0 Å². The Bertz CT molecular complexity index is 331. The summed E-state index contributed by atoms with van der Waals surface area (Å²) in [7, 11) is 1.88. The fourth-order valence-corrected chi connectivity index (χ4v) is 6.07. The molecule has 0 amide bonds. The van der Waals surface area contributed by atoms with Gasteiger partial charge in [0.2, 0.25) is 0 Å². The average Bonchev–Trinajstić information content (AvgIpc) is 3.10. The molecule has 2 bridgehead atoms. The predicted octanol–water partition coefficient (Wildman–Crippen LogP) is 3.36. The minimum absolute atomic E-state index is 0.518. The van der Waals surface area contributed by atoms with Gasteiger partial charge in [0, 0.05) is 19.2 Å². The molecule has 4 rings (SSSR count). The van der Waals surface area contributed by atoms with Crippen LogP contribution in [-0.2, 0) is 4.74 Å². The van der Waals surface area contributed by atoms with Crippen molar-refractivity contribution in [3.8, 4) is 0 Å². The van der Waals surface area contributed by atoms with E-state index in [1.54, 1.807) is 12.8 Å². The first-order valence-corrected chi connectivity index (χ1v) is 8.64. The smallest absolute Gasteiger partial charge is 0.0586 e. The number of fused-ring (bicyclic) bond motifs is 5. The van der Waals surface area contributed by atoms with Crippen molar-refractivity contribution in [3.05, 3.63) is 0 Å². The van der Waals surface area contributed by atoms with Gasteiger partial charge >= 0.3 is 0 Å². The van der Waals surface area contributed by atoms with Gasteiger partial charge in [0.1, 0.15) is 0 Å². The molecule has 0 spiro atoms. The van der Waals surface area contributed by atoms with Gasteiger partial charge in [0.05, 0.1) is 6.10 Å². The molecule has 1 N–H and O–H groups in total. The SMILES string of the molecule is COC1CCCC(NC2CC3CC2C2CCCC32)C1. The molecule has 4 fully saturated rings. The molecule has 0 aromatic carbocycles. The van der Waals surface area contributed by atoms with Crippen LogP contribution in [0.2, 0.25) is 0 Å². The topological polar surface area (TPSA) is 21.3 Å². The van der Waals surface area contributed by atoms with Gasteiger partial charge in [-0.1, -0.05) is 6.42 Å². The highest BCUT2D eigenvalue weighted by atomic mass is 16.5. The Hall–Kier alpha value is -0.0800. The van der Waals surface area contributed by atoms with E-state index in [-0.39, 0.29) is 0 Å². The van der Waals surface area contributed by atoms with Crippen LogP contribution in [-0.4, -0.2) is 25.3 Å². The summed E-state index contributed by atoms with van der Waals surface area (Å²) < 4.78 is 5.58. The minimum atomic E-state index is 0.518. The first kappa shape index (κ1) is 12.6. The molecule has 0 saturated heterocycles. The van der Waals surface area contributed by atoms with E-state index in [0.29, 0.717) is 6.10 Å². The normalized spacial score (nSPS) is 52.6. The largest absolute Gasteiger partial charge is 0.381 e. The van der Waals surface area contributed by atoms with Crippen LogP contribution in [0.5, 0.6) is 0 Å². The molecule has 7 atom stereocenters. The first-order valence-electron chi connectivity index (χ1n) is 8.64. The average molecular weight is 263 g/mol. The van der Waals surface area contributed by atoms with Gasteiger partial charge in [-0.25, -0.2) is 0 Å². The van der Waals surface area contributed by atoms with Crippen molar-refractivity contribution in [2.45, 2.75) is 76.0 Å². The molecule has 4 saturated carbocycles. The fraction of sp³-hybridized carbons (Fsp3) is 1.00. The van der Waals surface area contributed by atoms with Gasteiger partial charge in [-0.3, -0.25) is 0 Å². The Morgan fingerprint density at radius 3 is 2.58 bits per heavy atom. The van der Waals surface area contributed by atoms with Crippen molar-refractivity contribution in [2.24, 2.45) is 23.7 Å². The van der Waals surface area contributed by atoms with Crippen LogP contribution >= 0.6 is 0 Å². The Kier molecular flexibility index (Phi) is 3.35. The summed E-state index contributed by atoms with van der Waals surface area (Å²) in [6.07, 6.45) is 13.4. The molecule has 2 nitrogen and oxygen atoms in total. The van der Waals surface area contributed by atoms with E-state index in [0.717, 1.165) is 35.8 Å². The minimum Gasteiger partial charge on any atom is -0.381 e. The molecule has 0 heterocycles. The van der Waals surface area contributed by atoms with Crippen LogP contribution in [0.3, 0.4) is 0 Å². The van der Waals surface area contributed by atoms with E-state index < -0.39 is 0 Å². The standard InChI is InChI=1S/C17H29NO/c1-19-13-5-2-4-12(10-13)18-17-9-11-8-16(17)15-7-3-6-14(11)15/h11-18H,2-10H2,1H3. The second kappa shape index (κ2) is 5.04. The quantitative estimate of drug-likeness (QED) is 0.843. The maximum Gasteiger partial charge on any atom is 0.0586 e. The van der Waals surface area contributed by atoms with Crippen LogP contribution in [0.15, 0.2) is 0 Å². The Balaban J connectivity index is 1.37. The zero-order valence-electron chi connectivity index (χ0n) is 12.3. The molecule has 7 unspecified atom stereocenters. The summed E-state index contributed by atoms with van der Waals surface area (Å²) in [4.78, 5) is 0. The summed E-state index contributed by atoms with van der Waals surface area (Å²) in [5, 5.41) is 4.05. The van der Waals surface area contributed by atoms with Crippen molar-refractivity contribution < 1.29 is 4.74 Å². The highest BCUT2D eigenvalue weighted by Gasteiger charge is 2.53. The van der Waals surface area contributed by atoms with E-state index in [1.807, 2.05) is 7.11 Å². The number of hydrogen-bond acceptors (Lipinski definition) is 2. The summed E-state index contributed by atoms with van der Waals surface area (Å²) >= 11 is 0. The summed E-state index contributed by atoms with van der Waals surface area (Å²) in [5.74, 6) is 4.33. The summed E-state index contributed by atoms with van der Waals surface area (Å²) in [6.45, 7) is 0. The lowest BCUT2D eigenvalue weighted by molar-refractivity contribution is 0.0533. The van der Waals surface area contributed by atoms with E-state index in [9.17, 15) is 0 Å². The van der Waals surface area contributed by atoms with Crippen molar-refractivity contribution in [3.63, 3.8) is 0 Å². The van der Waals surface area contributed by atoms with E-state index in [4.69, 9.17) is 4.74 Å². The van der Waals surface area contributed by atoms with Crippen molar-refractivity contribution in [2.75, 3.05) is 7.11 Å². The molecule has 4 aliphatic carbocycles. The van der Waals surface area contributed by atoms with E-state index >= 15 is 0 Å². The van der Waals surface area contributed by atoms with Gasteiger partial charge in [0.15, 0.2) is 0 Å². The highest BCUT2D eigenvalue weighted by Crippen LogP contribution is 2.58. The Morgan fingerprint density at radius 2 is 1.68 bits per heavy atom. The molecule has 19 heavy (non-hydrogen) atoms. The molecular formula is C17H29NO. The lowest BCUT2D eigenvalue weighted by Crippen LogP contribution is -2.47. The second-order valence-corrected chi connectivity index (χ2v) is 7.65. The highest BCUT2D eigenvalue weighted by molar-refractivity contribution is 5.06. The summed E-state index contributed by atoms with van der Waals surface area (Å²) in [6, 6.07) is 1.59. The van der Waals surface area contributed by atoms with Crippen molar-refractivity contribution >= 4 is 0 Å². The van der Waals surface area contributed by atoms with Crippen LogP contribution in [0.1, 0.15) is 57.8 Å². The van der Waals surface area contributed by atoms with Crippen molar-refractivity contribution in [1.82, 2.24) is 5.32 Å². The second-order valence-electron chi connectivity index (χ2n) is 7.65. The third-order valence-corrected chi connectivity index (χ3v) is 6.84. The fourth-order valence-electron chi connectivity index (χ4n) is 6.07. The monoisotopic (exact) mass is 263 g/mol. The molecule has 0 aromatic heterocycles. The first-order chi connectivity index (χ1) is 9.35. The number of rotatable bonds is 3. The number of hydrogen-bond donors (Lipinski definition) is 1. The Morgan fingerprint density at radius 1 is 0.842 bits per heavy atom. The lowest BCUT2D eigenvalue weighted by Gasteiger charge is -2.37. The number of methoxy groups -OCH3 is 1. The van der Waals surface area contributed by atoms with Gasteiger partial charge in [-0.15, -0.1) is 0 Å². The summed E-state index contributed by atoms with van der Waals surface area (Å²) in [5.41, 5.74) is 0. The van der Waals surface area contributed by atoms with E-state index in [1.165, 1.54) is 44.9 Å². The third kappa shape index (κ3) is 2.15. The zero-order chi connectivity index (χ0) is 12.8. The van der Waals surface area contributed by atoms with Crippen LogP contribution in [0.25, 0.3) is 0 Å². The maximum atomic E-state index is 5.58. The molecule has 0 aromatic rings. The molecule has 4 aliphatic rings. The molecule has 108 valence electrons. The molecule has 0 aliphatic heterocycles. The van der Waals surface area contributed by atoms with Crippen LogP contribution in [0, 0.1) is 23.7 Å². The lowest BCUT2D eigenvalue weighted by atomic mass is 9.78. The van der Waals surface area contributed by atoms with E-state index in [2.05, 4.69) is 5.32 Å². The van der Waals surface area contributed by atoms with Gasteiger partial charge < -0.3 is 10.1 Å². The van der Waals surface area contributed by atoms with Gasteiger partial charge in [-0.05, 0) is 75.0 Å². The maximum absolute atomic E-state index is 5.58. The third-order valence-electron chi connectivity index (χ3n) is 6.84. The number of ether oxygens (including phenoxy) is 1. The molecule has 0 radical (unpaired) electrons. The van der Waals surface area contributed by atoms with Crippen LogP contribution < -0.4 is 5.32 Å². The number of nitrogens with one attached hydrogen (secondary N) is 1.